The summed E-state index contributed by atoms with van der Waals surface area (Å²) < 4.78 is 5.28. The van der Waals surface area contributed by atoms with Crippen LogP contribution in [0.4, 0.5) is 10.7 Å². The van der Waals surface area contributed by atoms with E-state index in [4.69, 9.17) is 4.74 Å². The van der Waals surface area contributed by atoms with Gasteiger partial charge >= 0.3 is 5.97 Å². The number of nitrogens with one attached hydrogen (secondary N) is 2. The van der Waals surface area contributed by atoms with Gasteiger partial charge in [-0.25, -0.2) is 4.79 Å². The zero-order chi connectivity index (χ0) is 24.1. The topological polar surface area (TPSA) is 87.7 Å². The lowest BCUT2D eigenvalue weighted by Gasteiger charge is -2.23. The van der Waals surface area contributed by atoms with Gasteiger partial charge in [-0.3, -0.25) is 14.5 Å². The number of likely N-dealkylation sites (N-methyl/N-ethyl adjacent to an activating group) is 1. The Bertz CT molecular complexity index is 1020. The lowest BCUT2D eigenvalue weighted by Crippen LogP contribution is -2.43. The third kappa shape index (κ3) is 6.21. The summed E-state index contributed by atoms with van der Waals surface area (Å²) in [5.41, 5.74) is 3.32. The fourth-order valence-corrected chi connectivity index (χ4v) is 5.28. The molecule has 0 saturated heterocycles. The Labute approximate surface area is 199 Å². The number of hydrogen-bond donors (Lipinski definition) is 2. The second-order valence-electron chi connectivity index (χ2n) is 8.77. The molecule has 2 N–H and O–H groups in total. The van der Waals surface area contributed by atoms with Crippen LogP contribution in [-0.4, -0.2) is 48.9 Å². The third-order valence-electron chi connectivity index (χ3n) is 6.00. The number of carbonyl (C=O) groups excluding carboxylic acids is 3. The fourth-order valence-electron chi connectivity index (χ4n) is 3.88. The normalized spacial score (nSPS) is 16.1. The lowest BCUT2D eigenvalue weighted by molar-refractivity contribution is -0.122. The highest BCUT2D eigenvalue weighted by atomic mass is 32.1. The molecule has 33 heavy (non-hydrogen) atoms. The summed E-state index contributed by atoms with van der Waals surface area (Å²) in [6.07, 6.45) is 2.72. The fraction of sp³-hybridized carbons (Fsp3) is 0.480. The Hall–Kier alpha value is -2.71. The van der Waals surface area contributed by atoms with E-state index in [0.717, 1.165) is 35.3 Å². The molecule has 1 aromatic carbocycles. The average Bonchev–Trinajstić information content (AvgIpc) is 3.11. The zero-order valence-corrected chi connectivity index (χ0v) is 20.8. The van der Waals surface area contributed by atoms with E-state index < -0.39 is 12.0 Å². The smallest absolute Gasteiger partial charge is 0.341 e. The summed E-state index contributed by atoms with van der Waals surface area (Å²) >= 11 is 1.46. The minimum Gasteiger partial charge on any atom is -0.462 e. The first-order valence-corrected chi connectivity index (χ1v) is 12.2. The quantitative estimate of drug-likeness (QED) is 0.562. The number of hydrogen-bond acceptors (Lipinski definition) is 6. The van der Waals surface area contributed by atoms with E-state index in [1.165, 1.54) is 11.3 Å². The molecule has 0 unspecified atom stereocenters. The molecule has 0 bridgehead atoms. The van der Waals surface area contributed by atoms with Crippen molar-refractivity contribution in [3.05, 3.63) is 45.8 Å². The van der Waals surface area contributed by atoms with Crippen LogP contribution in [0.15, 0.2) is 24.3 Å². The number of anilines is 2. The second kappa shape index (κ2) is 10.9. The van der Waals surface area contributed by atoms with Crippen molar-refractivity contribution in [2.45, 2.75) is 53.0 Å². The second-order valence-corrected chi connectivity index (χ2v) is 9.88. The molecular weight excluding hydrogens is 438 g/mol. The van der Waals surface area contributed by atoms with Crippen molar-refractivity contribution >= 4 is 39.8 Å². The molecule has 2 atom stereocenters. The Morgan fingerprint density at radius 1 is 1.21 bits per heavy atom. The number of nitrogens with zero attached hydrogens (tertiary/aromatic N) is 1. The van der Waals surface area contributed by atoms with E-state index in [-0.39, 0.29) is 25.0 Å². The van der Waals surface area contributed by atoms with Crippen molar-refractivity contribution < 1.29 is 19.1 Å². The van der Waals surface area contributed by atoms with Crippen LogP contribution in [0, 0.1) is 12.8 Å². The van der Waals surface area contributed by atoms with Gasteiger partial charge in [-0.2, -0.15) is 0 Å². The first kappa shape index (κ1) is 24.9. The Morgan fingerprint density at radius 2 is 1.91 bits per heavy atom. The van der Waals surface area contributed by atoms with Crippen LogP contribution < -0.4 is 10.6 Å². The van der Waals surface area contributed by atoms with Crippen LogP contribution in [0.1, 0.15) is 53.6 Å². The Kier molecular flexibility index (Phi) is 8.26. The number of ether oxygens (including phenoxy) is 1. The number of aryl methyl sites for hydroxylation is 1. The van der Waals surface area contributed by atoms with Gasteiger partial charge in [0, 0.05) is 10.6 Å². The maximum absolute atomic E-state index is 13.0. The SMILES string of the molecule is CCOC(=O)c1c(NC(=O)[C@H](C)N(C)CC(=O)Nc2ccc(C)cc2)sc2c1CC[C@@H](C)C2. The molecule has 0 saturated carbocycles. The van der Waals surface area contributed by atoms with E-state index in [1.807, 2.05) is 31.2 Å². The molecule has 1 aliphatic rings. The van der Waals surface area contributed by atoms with Gasteiger partial charge in [-0.15, -0.1) is 11.3 Å². The monoisotopic (exact) mass is 471 g/mol. The maximum atomic E-state index is 13.0. The minimum absolute atomic E-state index is 0.0612. The maximum Gasteiger partial charge on any atom is 0.341 e. The van der Waals surface area contributed by atoms with Crippen molar-refractivity contribution in [1.82, 2.24) is 4.90 Å². The number of benzene rings is 1. The van der Waals surface area contributed by atoms with Crippen LogP contribution in [0.25, 0.3) is 0 Å². The number of esters is 1. The number of rotatable bonds is 8. The van der Waals surface area contributed by atoms with Crippen LogP contribution >= 0.6 is 11.3 Å². The summed E-state index contributed by atoms with van der Waals surface area (Å²) in [7, 11) is 1.73. The molecule has 0 fully saturated rings. The van der Waals surface area contributed by atoms with Crippen molar-refractivity contribution in [1.29, 1.82) is 0 Å². The van der Waals surface area contributed by atoms with E-state index >= 15 is 0 Å². The highest BCUT2D eigenvalue weighted by Crippen LogP contribution is 2.40. The van der Waals surface area contributed by atoms with Crippen molar-refractivity contribution in [2.24, 2.45) is 5.92 Å². The van der Waals surface area contributed by atoms with Gasteiger partial charge in [0.25, 0.3) is 0 Å². The van der Waals surface area contributed by atoms with Crippen LogP contribution in [-0.2, 0) is 27.2 Å². The third-order valence-corrected chi connectivity index (χ3v) is 7.17. The van der Waals surface area contributed by atoms with E-state index in [0.29, 0.717) is 22.2 Å². The van der Waals surface area contributed by atoms with Gasteiger partial charge in [0.1, 0.15) is 5.00 Å². The van der Waals surface area contributed by atoms with Gasteiger partial charge in [0.2, 0.25) is 11.8 Å². The van der Waals surface area contributed by atoms with Crippen LogP contribution in [0.2, 0.25) is 0 Å². The van der Waals surface area contributed by atoms with Crippen molar-refractivity contribution in [2.75, 3.05) is 30.8 Å². The molecule has 1 heterocycles. The summed E-state index contributed by atoms with van der Waals surface area (Å²) in [5, 5.41) is 6.33. The molecule has 7 nitrogen and oxygen atoms in total. The largest absolute Gasteiger partial charge is 0.462 e. The molecule has 3 rings (SSSR count). The molecule has 8 heteroatoms. The highest BCUT2D eigenvalue weighted by Gasteiger charge is 2.30. The summed E-state index contributed by atoms with van der Waals surface area (Å²) in [6, 6.07) is 6.98. The van der Waals surface area contributed by atoms with Gasteiger partial charge in [-0.1, -0.05) is 24.6 Å². The first-order chi connectivity index (χ1) is 15.7. The van der Waals surface area contributed by atoms with Crippen LogP contribution in [0.3, 0.4) is 0 Å². The molecule has 0 aliphatic heterocycles. The molecule has 0 spiro atoms. The summed E-state index contributed by atoms with van der Waals surface area (Å²) in [6.45, 7) is 8.04. The molecule has 1 aliphatic carbocycles. The molecular formula is C25H33N3O4S. The molecule has 1 aromatic heterocycles. The lowest BCUT2D eigenvalue weighted by atomic mass is 9.88. The molecule has 178 valence electrons. The number of amides is 2. The van der Waals surface area contributed by atoms with Gasteiger partial charge in [0.05, 0.1) is 24.8 Å². The molecule has 0 radical (unpaired) electrons. The Balaban J connectivity index is 1.67. The van der Waals surface area contributed by atoms with Crippen molar-refractivity contribution in [3.63, 3.8) is 0 Å². The van der Waals surface area contributed by atoms with Crippen LogP contribution in [0.5, 0.6) is 0 Å². The molecule has 2 aromatic rings. The summed E-state index contributed by atoms with van der Waals surface area (Å²) in [5.74, 6) is -0.309. The van der Waals surface area contributed by atoms with Gasteiger partial charge in [0.15, 0.2) is 0 Å². The van der Waals surface area contributed by atoms with Gasteiger partial charge in [-0.05, 0) is 70.7 Å². The summed E-state index contributed by atoms with van der Waals surface area (Å²) in [4.78, 5) is 40.9. The average molecular weight is 472 g/mol. The van der Waals surface area contributed by atoms with Crippen molar-refractivity contribution in [3.8, 4) is 0 Å². The predicted molar refractivity (Wildman–Crippen MR) is 132 cm³/mol. The standard InChI is InChI=1S/C25H33N3O4S/c1-6-32-25(31)22-19-12-9-16(3)13-20(19)33-24(22)27-23(30)17(4)28(5)14-21(29)26-18-10-7-15(2)8-11-18/h7-8,10-11,16-17H,6,9,12-14H2,1-5H3,(H,26,29)(H,27,30)/t16-,17+/m1/s1. The van der Waals surface area contributed by atoms with E-state index in [2.05, 4.69) is 17.6 Å². The van der Waals surface area contributed by atoms with Gasteiger partial charge < -0.3 is 15.4 Å². The zero-order valence-electron chi connectivity index (χ0n) is 20.0. The highest BCUT2D eigenvalue weighted by molar-refractivity contribution is 7.17. The first-order valence-electron chi connectivity index (χ1n) is 11.4. The number of carbonyl (C=O) groups is 3. The minimum atomic E-state index is -0.568. The van der Waals surface area contributed by atoms with E-state index in [1.54, 1.807) is 25.8 Å². The molecule has 2 amide bonds. The number of fused-ring (bicyclic) bond motifs is 1. The number of thiophene rings is 1. The predicted octanol–water partition coefficient (Wildman–Crippen LogP) is 4.26. The Morgan fingerprint density at radius 3 is 2.58 bits per heavy atom. The van der Waals surface area contributed by atoms with E-state index in [9.17, 15) is 14.4 Å².